The van der Waals surface area contributed by atoms with Gasteiger partial charge in [0.15, 0.2) is 5.82 Å². The molecule has 0 saturated heterocycles. The van der Waals surface area contributed by atoms with E-state index in [1.807, 2.05) is 44.2 Å². The van der Waals surface area contributed by atoms with Gasteiger partial charge < -0.3 is 19.9 Å². The van der Waals surface area contributed by atoms with Gasteiger partial charge >= 0.3 is 0 Å². The molecule has 0 aliphatic rings. The van der Waals surface area contributed by atoms with Crippen molar-refractivity contribution in [3.8, 4) is 5.75 Å². The molecule has 24 heavy (non-hydrogen) atoms. The van der Waals surface area contributed by atoms with E-state index in [2.05, 4.69) is 25.8 Å². The van der Waals surface area contributed by atoms with E-state index >= 15 is 0 Å². The molecule has 1 aromatic carbocycles. The molecule has 0 atom stereocenters. The predicted molar refractivity (Wildman–Crippen MR) is 91.6 cm³/mol. The fraction of sp³-hybridized carbons (Fsp3) is 0.235. The Hall–Kier alpha value is -3.09. The third-order valence-electron chi connectivity index (χ3n) is 3.37. The van der Waals surface area contributed by atoms with Crippen LogP contribution in [0, 0.1) is 13.8 Å². The maximum atomic E-state index is 5.36. The number of benzene rings is 1. The fourth-order valence-electron chi connectivity index (χ4n) is 2.29. The van der Waals surface area contributed by atoms with Crippen molar-refractivity contribution in [3.63, 3.8) is 0 Å². The van der Waals surface area contributed by atoms with Crippen LogP contribution in [0.4, 0.5) is 17.6 Å². The van der Waals surface area contributed by atoms with Crippen LogP contribution in [-0.4, -0.2) is 22.2 Å². The van der Waals surface area contributed by atoms with Crippen LogP contribution in [-0.2, 0) is 6.54 Å². The lowest BCUT2D eigenvalue weighted by molar-refractivity contribution is 0.400. The second-order valence-corrected chi connectivity index (χ2v) is 5.33. The lowest BCUT2D eigenvalue weighted by Crippen LogP contribution is -2.06. The third kappa shape index (κ3) is 3.81. The number of nitrogens with one attached hydrogen (secondary N) is 2. The molecular formula is C17H19N5O2. The summed E-state index contributed by atoms with van der Waals surface area (Å²) in [5.74, 6) is 3.32. The Morgan fingerprint density at radius 1 is 1.08 bits per heavy atom. The molecule has 7 nitrogen and oxygen atoms in total. The van der Waals surface area contributed by atoms with Crippen molar-refractivity contribution < 1.29 is 9.26 Å². The Bertz CT molecular complexity index is 831. The largest absolute Gasteiger partial charge is 0.496 e. The van der Waals surface area contributed by atoms with Gasteiger partial charge in [-0.25, -0.2) is 4.98 Å². The monoisotopic (exact) mass is 325 g/mol. The van der Waals surface area contributed by atoms with Crippen molar-refractivity contribution in [2.45, 2.75) is 20.4 Å². The second kappa shape index (κ2) is 6.99. The van der Waals surface area contributed by atoms with Crippen molar-refractivity contribution >= 4 is 17.6 Å². The molecule has 0 fully saturated rings. The van der Waals surface area contributed by atoms with Crippen LogP contribution in [0.5, 0.6) is 5.75 Å². The van der Waals surface area contributed by atoms with E-state index < -0.39 is 0 Å². The summed E-state index contributed by atoms with van der Waals surface area (Å²) in [6.07, 6.45) is 0. The quantitative estimate of drug-likeness (QED) is 0.718. The Balaban J connectivity index is 1.74. The van der Waals surface area contributed by atoms with Crippen LogP contribution >= 0.6 is 0 Å². The van der Waals surface area contributed by atoms with Gasteiger partial charge in [-0.05, 0) is 19.9 Å². The molecule has 0 aliphatic carbocycles. The highest BCUT2D eigenvalue weighted by Gasteiger charge is 2.07. The van der Waals surface area contributed by atoms with E-state index in [0.717, 1.165) is 28.6 Å². The van der Waals surface area contributed by atoms with Crippen LogP contribution in [0.2, 0.25) is 0 Å². The molecular weight excluding hydrogens is 306 g/mol. The summed E-state index contributed by atoms with van der Waals surface area (Å²) in [5, 5.41) is 10.2. The molecule has 2 aromatic heterocycles. The fourth-order valence-corrected chi connectivity index (χ4v) is 2.29. The minimum Gasteiger partial charge on any atom is -0.496 e. The number of nitrogens with zero attached hydrogens (tertiary/aromatic N) is 3. The highest BCUT2D eigenvalue weighted by molar-refractivity contribution is 5.51. The maximum absolute atomic E-state index is 5.36. The van der Waals surface area contributed by atoms with Crippen LogP contribution in [0.3, 0.4) is 0 Å². The van der Waals surface area contributed by atoms with E-state index in [4.69, 9.17) is 9.26 Å². The van der Waals surface area contributed by atoms with Crippen LogP contribution in [0.1, 0.15) is 17.0 Å². The Kier molecular flexibility index (Phi) is 4.60. The number of hydrogen-bond donors (Lipinski definition) is 2. The Morgan fingerprint density at radius 3 is 2.67 bits per heavy atom. The summed E-state index contributed by atoms with van der Waals surface area (Å²) >= 11 is 0. The van der Waals surface area contributed by atoms with E-state index in [-0.39, 0.29) is 0 Å². The van der Waals surface area contributed by atoms with Crippen molar-refractivity contribution in [1.82, 2.24) is 15.1 Å². The number of methoxy groups -OCH3 is 1. The molecule has 0 saturated carbocycles. The van der Waals surface area contributed by atoms with E-state index in [0.29, 0.717) is 18.3 Å². The average Bonchev–Trinajstić information content (AvgIpc) is 2.97. The minimum absolute atomic E-state index is 0.464. The topological polar surface area (TPSA) is 85.1 Å². The number of anilines is 3. The highest BCUT2D eigenvalue weighted by atomic mass is 16.5. The zero-order valence-electron chi connectivity index (χ0n) is 13.8. The van der Waals surface area contributed by atoms with Gasteiger partial charge in [0, 0.05) is 29.9 Å². The van der Waals surface area contributed by atoms with E-state index in [1.165, 1.54) is 0 Å². The zero-order valence-corrected chi connectivity index (χ0v) is 13.8. The number of ether oxygens (including phenoxy) is 1. The van der Waals surface area contributed by atoms with E-state index in [9.17, 15) is 0 Å². The summed E-state index contributed by atoms with van der Waals surface area (Å²) in [5.41, 5.74) is 1.90. The van der Waals surface area contributed by atoms with Gasteiger partial charge in [-0.1, -0.05) is 23.4 Å². The molecule has 7 heteroatoms. The first-order valence-electron chi connectivity index (χ1n) is 7.56. The van der Waals surface area contributed by atoms with Crippen LogP contribution < -0.4 is 15.4 Å². The van der Waals surface area contributed by atoms with Crippen molar-refractivity contribution in [3.05, 3.63) is 53.4 Å². The van der Waals surface area contributed by atoms with Crippen molar-refractivity contribution in [2.75, 3.05) is 17.7 Å². The maximum Gasteiger partial charge on any atom is 0.230 e. The SMILES string of the molecule is COc1ccccc1CNc1cc(C)nc(Nc2cc(C)on2)n1. The molecule has 0 aliphatic heterocycles. The van der Waals surface area contributed by atoms with Gasteiger partial charge in [0.2, 0.25) is 5.95 Å². The first-order chi connectivity index (χ1) is 11.6. The van der Waals surface area contributed by atoms with Gasteiger partial charge in [0.1, 0.15) is 17.3 Å². The second-order valence-electron chi connectivity index (χ2n) is 5.33. The normalized spacial score (nSPS) is 10.5. The van der Waals surface area contributed by atoms with Gasteiger partial charge in [-0.15, -0.1) is 0 Å². The van der Waals surface area contributed by atoms with Gasteiger partial charge in [-0.2, -0.15) is 4.98 Å². The van der Waals surface area contributed by atoms with Crippen LogP contribution in [0.25, 0.3) is 0 Å². The first kappa shape index (κ1) is 15.8. The predicted octanol–water partition coefficient (Wildman–Crippen LogP) is 3.45. The molecule has 0 radical (unpaired) electrons. The molecule has 0 amide bonds. The molecule has 0 spiro atoms. The van der Waals surface area contributed by atoms with Gasteiger partial charge in [0.25, 0.3) is 0 Å². The summed E-state index contributed by atoms with van der Waals surface area (Å²) < 4.78 is 10.4. The smallest absolute Gasteiger partial charge is 0.230 e. The summed E-state index contributed by atoms with van der Waals surface area (Å²) in [4.78, 5) is 8.81. The number of para-hydroxylation sites is 1. The molecule has 3 aromatic rings. The molecule has 3 rings (SSSR count). The number of aromatic nitrogens is 3. The summed E-state index contributed by atoms with van der Waals surface area (Å²) in [7, 11) is 1.66. The zero-order chi connectivity index (χ0) is 16.9. The average molecular weight is 325 g/mol. The molecule has 0 unspecified atom stereocenters. The summed E-state index contributed by atoms with van der Waals surface area (Å²) in [6.45, 7) is 4.34. The molecule has 0 bridgehead atoms. The number of hydrogen-bond acceptors (Lipinski definition) is 7. The highest BCUT2D eigenvalue weighted by Crippen LogP contribution is 2.20. The van der Waals surface area contributed by atoms with Gasteiger partial charge in [0.05, 0.1) is 7.11 Å². The van der Waals surface area contributed by atoms with Crippen molar-refractivity contribution in [1.29, 1.82) is 0 Å². The van der Waals surface area contributed by atoms with E-state index in [1.54, 1.807) is 13.2 Å². The van der Waals surface area contributed by atoms with Crippen molar-refractivity contribution in [2.24, 2.45) is 0 Å². The number of rotatable bonds is 6. The Morgan fingerprint density at radius 2 is 1.92 bits per heavy atom. The first-order valence-corrected chi connectivity index (χ1v) is 7.56. The van der Waals surface area contributed by atoms with Gasteiger partial charge in [-0.3, -0.25) is 0 Å². The standard InChI is InChI=1S/C17H19N5O2/c1-11-8-15(18-10-13-6-4-5-7-14(13)23-3)20-17(19-11)21-16-9-12(2)24-22-16/h4-9H,10H2,1-3H3,(H2,18,19,20,21,22). The van der Waals surface area contributed by atoms with Crippen LogP contribution in [0.15, 0.2) is 40.9 Å². The molecule has 2 N–H and O–H groups in total. The lowest BCUT2D eigenvalue weighted by atomic mass is 10.2. The third-order valence-corrected chi connectivity index (χ3v) is 3.37. The summed E-state index contributed by atoms with van der Waals surface area (Å²) in [6, 6.07) is 11.5. The number of aryl methyl sites for hydroxylation is 2. The Labute approximate surface area is 140 Å². The molecule has 124 valence electrons. The minimum atomic E-state index is 0.464. The lowest BCUT2D eigenvalue weighted by Gasteiger charge is -2.11. The molecule has 2 heterocycles.